The summed E-state index contributed by atoms with van der Waals surface area (Å²) >= 11 is 0. The van der Waals surface area contributed by atoms with Crippen molar-refractivity contribution < 1.29 is 19.4 Å². The predicted octanol–water partition coefficient (Wildman–Crippen LogP) is 0.950. The molecule has 1 aliphatic heterocycles. The zero-order chi connectivity index (χ0) is 15.8. The van der Waals surface area contributed by atoms with E-state index in [-0.39, 0.29) is 36.6 Å². The number of aliphatic hydroxyl groups is 1. The average molecular weight is 306 g/mol. The van der Waals surface area contributed by atoms with Crippen molar-refractivity contribution in [1.82, 2.24) is 10.3 Å². The number of carbonyl (C=O) groups is 2. The third-order valence-electron chi connectivity index (χ3n) is 4.11. The number of aromatic nitrogens is 1. The number of hydrogen-bond acceptors (Lipinski definition) is 5. The van der Waals surface area contributed by atoms with Crippen molar-refractivity contribution in [3.05, 3.63) is 30.1 Å². The van der Waals surface area contributed by atoms with Gasteiger partial charge in [0.15, 0.2) is 5.78 Å². The molecule has 2 N–H and O–H groups in total. The number of ketones is 1. The SMILES string of the molecule is O=C(CCC(=O)c1cccnc1)NCC1(CO)CCOCC1. The summed E-state index contributed by atoms with van der Waals surface area (Å²) in [7, 11) is 0. The van der Waals surface area contributed by atoms with Gasteiger partial charge in [0, 0.05) is 56.0 Å². The molecular formula is C16H22N2O4. The van der Waals surface area contributed by atoms with Crippen molar-refractivity contribution >= 4 is 11.7 Å². The second kappa shape index (κ2) is 8.00. The van der Waals surface area contributed by atoms with Crippen LogP contribution in [0.4, 0.5) is 0 Å². The normalized spacial score (nSPS) is 17.0. The van der Waals surface area contributed by atoms with E-state index in [2.05, 4.69) is 10.3 Å². The highest BCUT2D eigenvalue weighted by molar-refractivity contribution is 5.97. The minimum Gasteiger partial charge on any atom is -0.396 e. The molecule has 2 rings (SSSR count). The summed E-state index contributed by atoms with van der Waals surface area (Å²) in [6.45, 7) is 1.67. The molecule has 0 saturated carbocycles. The highest BCUT2D eigenvalue weighted by atomic mass is 16.5. The number of carbonyl (C=O) groups excluding carboxylic acids is 2. The Morgan fingerprint density at radius 2 is 2.09 bits per heavy atom. The number of ether oxygens (including phenoxy) is 1. The molecule has 1 aromatic rings. The van der Waals surface area contributed by atoms with Gasteiger partial charge >= 0.3 is 0 Å². The average Bonchev–Trinajstić information content (AvgIpc) is 2.59. The fourth-order valence-electron chi connectivity index (χ4n) is 2.47. The van der Waals surface area contributed by atoms with Crippen LogP contribution >= 0.6 is 0 Å². The van der Waals surface area contributed by atoms with E-state index in [1.54, 1.807) is 18.3 Å². The van der Waals surface area contributed by atoms with Gasteiger partial charge in [-0.25, -0.2) is 0 Å². The largest absolute Gasteiger partial charge is 0.396 e. The zero-order valence-electron chi connectivity index (χ0n) is 12.6. The fourth-order valence-corrected chi connectivity index (χ4v) is 2.47. The van der Waals surface area contributed by atoms with Crippen LogP contribution in [0.5, 0.6) is 0 Å². The van der Waals surface area contributed by atoms with Crippen molar-refractivity contribution in [2.75, 3.05) is 26.4 Å². The van der Waals surface area contributed by atoms with Crippen molar-refractivity contribution in [1.29, 1.82) is 0 Å². The first kappa shape index (κ1) is 16.6. The Kier molecular flexibility index (Phi) is 6.03. The Bertz CT molecular complexity index is 498. The van der Waals surface area contributed by atoms with Gasteiger partial charge in [-0.05, 0) is 25.0 Å². The van der Waals surface area contributed by atoms with Gasteiger partial charge in [0.1, 0.15) is 0 Å². The smallest absolute Gasteiger partial charge is 0.220 e. The topological polar surface area (TPSA) is 88.5 Å². The van der Waals surface area contributed by atoms with Crippen LogP contribution in [-0.4, -0.2) is 48.1 Å². The number of hydrogen-bond donors (Lipinski definition) is 2. The molecule has 120 valence electrons. The Labute approximate surface area is 129 Å². The summed E-state index contributed by atoms with van der Waals surface area (Å²) in [6.07, 6.45) is 4.88. The van der Waals surface area contributed by atoms with Crippen LogP contribution in [0.25, 0.3) is 0 Å². The summed E-state index contributed by atoms with van der Waals surface area (Å²) in [5.41, 5.74) is 0.230. The molecule has 22 heavy (non-hydrogen) atoms. The molecule has 1 amide bonds. The Hall–Kier alpha value is -1.79. The summed E-state index contributed by atoms with van der Waals surface area (Å²) < 4.78 is 5.29. The zero-order valence-corrected chi connectivity index (χ0v) is 12.6. The number of Topliss-reactive ketones (excluding diaryl/α,β-unsaturated/α-hetero) is 1. The van der Waals surface area contributed by atoms with Gasteiger partial charge in [-0.15, -0.1) is 0 Å². The lowest BCUT2D eigenvalue weighted by molar-refractivity contribution is -0.122. The summed E-state index contributed by atoms with van der Waals surface area (Å²) in [6, 6.07) is 3.39. The van der Waals surface area contributed by atoms with Gasteiger partial charge in [-0.2, -0.15) is 0 Å². The predicted molar refractivity (Wildman–Crippen MR) is 80.4 cm³/mol. The van der Waals surface area contributed by atoms with Crippen LogP contribution in [0.1, 0.15) is 36.0 Å². The molecule has 0 spiro atoms. The van der Waals surface area contributed by atoms with Crippen LogP contribution in [0.15, 0.2) is 24.5 Å². The van der Waals surface area contributed by atoms with E-state index in [1.807, 2.05) is 0 Å². The van der Waals surface area contributed by atoms with Crippen LogP contribution in [0.2, 0.25) is 0 Å². The van der Waals surface area contributed by atoms with Crippen LogP contribution in [0, 0.1) is 5.41 Å². The quantitative estimate of drug-likeness (QED) is 0.732. The van der Waals surface area contributed by atoms with E-state index >= 15 is 0 Å². The molecule has 0 aromatic carbocycles. The summed E-state index contributed by atoms with van der Waals surface area (Å²) in [4.78, 5) is 27.7. The molecule has 0 bridgehead atoms. The van der Waals surface area contributed by atoms with Gasteiger partial charge < -0.3 is 15.2 Å². The third kappa shape index (κ3) is 4.61. The second-order valence-electron chi connectivity index (χ2n) is 5.71. The molecule has 2 heterocycles. The van der Waals surface area contributed by atoms with E-state index in [4.69, 9.17) is 4.74 Å². The van der Waals surface area contributed by atoms with Crippen molar-refractivity contribution in [2.24, 2.45) is 5.41 Å². The van der Waals surface area contributed by atoms with Crippen LogP contribution in [0.3, 0.4) is 0 Å². The summed E-state index contributed by atoms with van der Waals surface area (Å²) in [5.74, 6) is -0.261. The lowest BCUT2D eigenvalue weighted by atomic mass is 9.81. The van der Waals surface area contributed by atoms with E-state index < -0.39 is 0 Å². The van der Waals surface area contributed by atoms with Gasteiger partial charge in [-0.3, -0.25) is 14.6 Å². The Morgan fingerprint density at radius 3 is 2.73 bits per heavy atom. The van der Waals surface area contributed by atoms with Crippen LogP contribution < -0.4 is 5.32 Å². The fraction of sp³-hybridized carbons (Fsp3) is 0.562. The van der Waals surface area contributed by atoms with E-state index in [9.17, 15) is 14.7 Å². The molecule has 0 atom stereocenters. The number of nitrogens with zero attached hydrogens (tertiary/aromatic N) is 1. The van der Waals surface area contributed by atoms with Crippen LogP contribution in [-0.2, 0) is 9.53 Å². The van der Waals surface area contributed by atoms with E-state index in [1.165, 1.54) is 6.20 Å². The Balaban J connectivity index is 1.75. The highest BCUT2D eigenvalue weighted by Gasteiger charge is 2.32. The lowest BCUT2D eigenvalue weighted by Gasteiger charge is -2.35. The standard InChI is InChI=1S/C16H22N2O4/c19-12-16(5-8-22-9-6-16)11-18-15(21)4-3-14(20)13-2-1-7-17-10-13/h1-2,7,10,19H,3-6,8-9,11-12H2,(H,18,21). The van der Waals surface area contributed by atoms with Gasteiger partial charge in [0.05, 0.1) is 6.61 Å². The summed E-state index contributed by atoms with van der Waals surface area (Å²) in [5, 5.41) is 12.4. The number of amides is 1. The molecule has 1 aliphatic rings. The number of pyridine rings is 1. The van der Waals surface area contributed by atoms with Crippen molar-refractivity contribution in [2.45, 2.75) is 25.7 Å². The van der Waals surface area contributed by atoms with E-state index in [0.717, 1.165) is 12.8 Å². The monoisotopic (exact) mass is 306 g/mol. The van der Waals surface area contributed by atoms with Crippen molar-refractivity contribution in [3.63, 3.8) is 0 Å². The molecule has 0 unspecified atom stereocenters. The number of rotatable bonds is 7. The van der Waals surface area contributed by atoms with Gasteiger partial charge in [-0.1, -0.05) is 0 Å². The maximum atomic E-state index is 11.9. The molecule has 6 nitrogen and oxygen atoms in total. The molecule has 1 saturated heterocycles. The second-order valence-corrected chi connectivity index (χ2v) is 5.71. The number of aliphatic hydroxyl groups excluding tert-OH is 1. The first-order valence-electron chi connectivity index (χ1n) is 7.54. The maximum Gasteiger partial charge on any atom is 0.220 e. The molecule has 0 radical (unpaired) electrons. The number of nitrogens with one attached hydrogen (secondary N) is 1. The highest BCUT2D eigenvalue weighted by Crippen LogP contribution is 2.28. The molecule has 1 aromatic heterocycles. The van der Waals surface area contributed by atoms with Gasteiger partial charge in [0.25, 0.3) is 0 Å². The minimum absolute atomic E-state index is 0.0330. The molecule has 6 heteroatoms. The van der Waals surface area contributed by atoms with E-state index in [0.29, 0.717) is 25.3 Å². The Morgan fingerprint density at radius 1 is 1.32 bits per heavy atom. The third-order valence-corrected chi connectivity index (χ3v) is 4.11. The molecular weight excluding hydrogens is 284 g/mol. The maximum absolute atomic E-state index is 11.9. The molecule has 0 aliphatic carbocycles. The minimum atomic E-state index is -0.290. The first-order valence-corrected chi connectivity index (χ1v) is 7.54. The van der Waals surface area contributed by atoms with Gasteiger partial charge in [0.2, 0.25) is 5.91 Å². The first-order chi connectivity index (χ1) is 10.7. The molecule has 1 fully saturated rings. The van der Waals surface area contributed by atoms with Crippen molar-refractivity contribution in [3.8, 4) is 0 Å². The lowest BCUT2D eigenvalue weighted by Crippen LogP contribution is -2.43.